The summed E-state index contributed by atoms with van der Waals surface area (Å²) in [4.78, 5) is 24.7. The summed E-state index contributed by atoms with van der Waals surface area (Å²) in [5, 5.41) is 20.2. The topological polar surface area (TPSA) is 74.6 Å². The molecule has 0 saturated carbocycles. The second-order valence-corrected chi connectivity index (χ2v) is 9.22. The molecule has 0 heterocycles. The third-order valence-corrected chi connectivity index (χ3v) is 6.50. The van der Waals surface area contributed by atoms with Gasteiger partial charge in [-0.05, 0) is 69.0 Å². The minimum Gasteiger partial charge on any atom is -0.478 e. The van der Waals surface area contributed by atoms with Crippen molar-refractivity contribution < 1.29 is 19.8 Å². The Bertz CT molecular complexity index is 1420. The molecule has 2 N–H and O–H groups in total. The van der Waals surface area contributed by atoms with Gasteiger partial charge in [-0.25, -0.2) is 9.59 Å². The van der Waals surface area contributed by atoms with Crippen LogP contribution >= 0.6 is 0 Å². The van der Waals surface area contributed by atoms with E-state index in [-0.39, 0.29) is 17.0 Å². The highest BCUT2D eigenvalue weighted by Crippen LogP contribution is 2.48. The van der Waals surface area contributed by atoms with Crippen LogP contribution in [0.15, 0.2) is 84.9 Å². The van der Waals surface area contributed by atoms with Gasteiger partial charge in [-0.3, -0.25) is 0 Å². The molecule has 4 rings (SSSR count). The molecule has 36 heavy (non-hydrogen) atoms. The summed E-state index contributed by atoms with van der Waals surface area (Å²) < 4.78 is 0. The minimum atomic E-state index is -1.02. The second kappa shape index (κ2) is 10.6. The van der Waals surface area contributed by atoms with Gasteiger partial charge in [-0.15, -0.1) is 0 Å². The molecule has 0 amide bonds. The third kappa shape index (κ3) is 4.67. The van der Waals surface area contributed by atoms with Crippen molar-refractivity contribution in [1.29, 1.82) is 0 Å². The van der Waals surface area contributed by atoms with E-state index in [1.165, 1.54) is 0 Å². The second-order valence-electron chi connectivity index (χ2n) is 9.22. The monoisotopic (exact) mass is 478 g/mol. The van der Waals surface area contributed by atoms with E-state index in [2.05, 4.69) is 26.8 Å². The fourth-order valence-electron chi connectivity index (χ4n) is 4.95. The van der Waals surface area contributed by atoms with Crippen molar-refractivity contribution in [2.24, 2.45) is 0 Å². The summed E-state index contributed by atoms with van der Waals surface area (Å²) in [5.41, 5.74) is 7.14. The maximum absolute atomic E-state index is 12.4. The predicted molar refractivity (Wildman–Crippen MR) is 145 cm³/mol. The summed E-state index contributed by atoms with van der Waals surface area (Å²) in [7, 11) is 0. The van der Waals surface area contributed by atoms with E-state index in [0.29, 0.717) is 11.1 Å². The van der Waals surface area contributed by atoms with E-state index in [9.17, 15) is 19.8 Å². The van der Waals surface area contributed by atoms with E-state index in [1.807, 2.05) is 54.6 Å². The number of aromatic carboxylic acids is 2. The zero-order valence-electron chi connectivity index (χ0n) is 20.8. The first kappa shape index (κ1) is 24.9. The molecule has 0 saturated heterocycles. The lowest BCUT2D eigenvalue weighted by atomic mass is 9.77. The summed E-state index contributed by atoms with van der Waals surface area (Å²) >= 11 is 0. The highest BCUT2D eigenvalue weighted by molar-refractivity contribution is 6.07. The van der Waals surface area contributed by atoms with Gasteiger partial charge < -0.3 is 10.2 Å². The normalized spacial score (nSPS) is 11.0. The number of carbonyl (C=O) groups is 2. The molecule has 0 aromatic heterocycles. The number of carboxylic acid groups (broad SMARTS) is 2. The van der Waals surface area contributed by atoms with Crippen molar-refractivity contribution in [3.8, 4) is 33.4 Å². The SMILES string of the molecule is CCCc1cc(C(C)C)c(-c2ccccc2)c(-c2ccccc2C(=O)O)c1-c1ccccc1C(=O)O. The number of hydrogen-bond donors (Lipinski definition) is 2. The molecule has 4 aromatic carbocycles. The standard InChI is InChI=1S/C32H30O4/c1-4-12-22-19-27(20(2)3)28(21-13-6-5-7-14-21)30(24-16-9-11-18-26(24)32(35)36)29(22)23-15-8-10-17-25(23)31(33)34/h5-11,13-20H,4,12H2,1-3H3,(H,33,34)(H,35,36). The van der Waals surface area contributed by atoms with Crippen LogP contribution in [0, 0.1) is 0 Å². The van der Waals surface area contributed by atoms with Gasteiger partial charge in [0, 0.05) is 0 Å². The molecular weight excluding hydrogens is 448 g/mol. The van der Waals surface area contributed by atoms with E-state index in [4.69, 9.17) is 0 Å². The number of hydrogen-bond acceptors (Lipinski definition) is 2. The Morgan fingerprint density at radius 3 is 1.69 bits per heavy atom. The van der Waals surface area contributed by atoms with Gasteiger partial charge in [-0.1, -0.05) is 100.0 Å². The van der Waals surface area contributed by atoms with Gasteiger partial charge in [0.15, 0.2) is 0 Å². The Morgan fingerprint density at radius 2 is 1.19 bits per heavy atom. The molecular formula is C32H30O4. The first-order chi connectivity index (χ1) is 17.3. The molecule has 0 spiro atoms. The van der Waals surface area contributed by atoms with Gasteiger partial charge >= 0.3 is 11.9 Å². The highest BCUT2D eigenvalue weighted by Gasteiger charge is 2.27. The van der Waals surface area contributed by atoms with E-state index >= 15 is 0 Å². The lowest BCUT2D eigenvalue weighted by molar-refractivity contribution is 0.0686. The molecule has 0 atom stereocenters. The first-order valence-corrected chi connectivity index (χ1v) is 12.3. The predicted octanol–water partition coefficient (Wildman–Crippen LogP) is 8.16. The van der Waals surface area contributed by atoms with E-state index in [1.54, 1.807) is 24.3 Å². The fourth-order valence-corrected chi connectivity index (χ4v) is 4.95. The number of benzene rings is 4. The van der Waals surface area contributed by atoms with Gasteiger partial charge in [0.1, 0.15) is 0 Å². The molecule has 0 aliphatic carbocycles. The first-order valence-electron chi connectivity index (χ1n) is 12.3. The maximum Gasteiger partial charge on any atom is 0.336 e. The van der Waals surface area contributed by atoms with Gasteiger partial charge in [0.25, 0.3) is 0 Å². The number of aryl methyl sites for hydroxylation is 1. The third-order valence-electron chi connectivity index (χ3n) is 6.50. The Labute approximate surface area is 211 Å². The van der Waals surface area contributed by atoms with E-state index < -0.39 is 11.9 Å². The molecule has 0 unspecified atom stereocenters. The lowest BCUT2D eigenvalue weighted by Gasteiger charge is -2.26. The number of rotatable bonds is 8. The fraction of sp³-hybridized carbons (Fsp3) is 0.188. The summed E-state index contributed by atoms with van der Waals surface area (Å²) in [6.07, 6.45) is 1.60. The zero-order valence-corrected chi connectivity index (χ0v) is 20.8. The molecule has 0 fully saturated rings. The van der Waals surface area contributed by atoms with Crippen molar-refractivity contribution in [2.75, 3.05) is 0 Å². The molecule has 4 aromatic rings. The summed E-state index contributed by atoms with van der Waals surface area (Å²) in [5.74, 6) is -1.87. The molecule has 4 nitrogen and oxygen atoms in total. The van der Waals surface area contributed by atoms with Crippen LogP contribution in [0.25, 0.3) is 33.4 Å². The summed E-state index contributed by atoms with van der Waals surface area (Å²) in [6, 6.07) is 26.1. The van der Waals surface area contributed by atoms with Crippen LogP contribution in [0.1, 0.15) is 65.0 Å². The highest BCUT2D eigenvalue weighted by atomic mass is 16.4. The Morgan fingerprint density at radius 1 is 0.694 bits per heavy atom. The Balaban J connectivity index is 2.31. The maximum atomic E-state index is 12.4. The van der Waals surface area contributed by atoms with Crippen LogP contribution in [-0.4, -0.2) is 22.2 Å². The molecule has 182 valence electrons. The number of carboxylic acids is 2. The Kier molecular flexibility index (Phi) is 7.35. The van der Waals surface area contributed by atoms with Gasteiger partial charge in [0.2, 0.25) is 0 Å². The quantitative estimate of drug-likeness (QED) is 0.268. The summed E-state index contributed by atoms with van der Waals surface area (Å²) in [6.45, 7) is 6.36. The van der Waals surface area contributed by atoms with Crippen molar-refractivity contribution in [1.82, 2.24) is 0 Å². The van der Waals surface area contributed by atoms with Crippen molar-refractivity contribution in [3.63, 3.8) is 0 Å². The van der Waals surface area contributed by atoms with Crippen LogP contribution in [-0.2, 0) is 6.42 Å². The van der Waals surface area contributed by atoms with Crippen molar-refractivity contribution in [3.05, 3.63) is 107 Å². The largest absolute Gasteiger partial charge is 0.478 e. The zero-order chi connectivity index (χ0) is 25.8. The average Bonchev–Trinajstić information content (AvgIpc) is 2.88. The smallest absolute Gasteiger partial charge is 0.336 e. The van der Waals surface area contributed by atoms with Gasteiger partial charge in [-0.2, -0.15) is 0 Å². The van der Waals surface area contributed by atoms with Crippen LogP contribution in [0.3, 0.4) is 0 Å². The lowest BCUT2D eigenvalue weighted by Crippen LogP contribution is -2.08. The average molecular weight is 479 g/mol. The van der Waals surface area contributed by atoms with E-state index in [0.717, 1.165) is 46.2 Å². The molecule has 0 aliphatic rings. The molecule has 0 bridgehead atoms. The van der Waals surface area contributed by atoms with Gasteiger partial charge in [0.05, 0.1) is 11.1 Å². The van der Waals surface area contributed by atoms with Crippen LogP contribution < -0.4 is 0 Å². The van der Waals surface area contributed by atoms with Crippen molar-refractivity contribution in [2.45, 2.75) is 39.5 Å². The van der Waals surface area contributed by atoms with Crippen molar-refractivity contribution >= 4 is 11.9 Å². The minimum absolute atomic E-state index is 0.162. The molecule has 0 radical (unpaired) electrons. The van der Waals surface area contributed by atoms with Crippen LogP contribution in [0.4, 0.5) is 0 Å². The Hall–Kier alpha value is -4.18. The molecule has 0 aliphatic heterocycles. The van der Waals surface area contributed by atoms with Crippen LogP contribution in [0.5, 0.6) is 0 Å². The van der Waals surface area contributed by atoms with Crippen LogP contribution in [0.2, 0.25) is 0 Å². The molecule has 4 heteroatoms.